The number of aryl methyl sites for hydroxylation is 4. The van der Waals surface area contributed by atoms with Crippen LogP contribution in [-0.4, -0.2) is 14.9 Å². The maximum Gasteiger partial charge on any atom is 0.0924 e. The molecule has 0 aliphatic rings. The Morgan fingerprint density at radius 1 is 1.24 bits per heavy atom. The molecule has 0 radical (unpaired) electrons. The lowest BCUT2D eigenvalue weighted by Crippen LogP contribution is -2.26. The van der Waals surface area contributed by atoms with Crippen molar-refractivity contribution in [2.75, 3.05) is 0 Å². The molecule has 0 saturated carbocycles. The minimum atomic E-state index is -0.916. The van der Waals surface area contributed by atoms with Crippen LogP contribution < -0.4 is 0 Å². The van der Waals surface area contributed by atoms with E-state index in [2.05, 4.69) is 53.9 Å². The highest BCUT2D eigenvalue weighted by Crippen LogP contribution is 2.31. The Morgan fingerprint density at radius 2 is 1.90 bits per heavy atom. The molecule has 0 spiro atoms. The first-order valence-corrected chi connectivity index (χ1v) is 8.07. The van der Waals surface area contributed by atoms with Gasteiger partial charge in [0.05, 0.1) is 21.5 Å². The predicted octanol–water partition coefficient (Wildman–Crippen LogP) is 4.04. The van der Waals surface area contributed by atoms with E-state index < -0.39 is 5.60 Å². The summed E-state index contributed by atoms with van der Waals surface area (Å²) in [6.07, 6.45) is 0.533. The quantitative estimate of drug-likeness (QED) is 0.903. The SMILES string of the molecule is CCn1nc(C)c(Br)c1CC(C)(O)c1ccc(C)c(C)c1. The van der Waals surface area contributed by atoms with Crippen LogP contribution >= 0.6 is 15.9 Å². The van der Waals surface area contributed by atoms with Gasteiger partial charge in [-0.05, 0) is 67.2 Å². The summed E-state index contributed by atoms with van der Waals surface area (Å²) in [5.74, 6) is 0. The zero-order chi connectivity index (χ0) is 15.8. The summed E-state index contributed by atoms with van der Waals surface area (Å²) >= 11 is 3.60. The smallest absolute Gasteiger partial charge is 0.0924 e. The van der Waals surface area contributed by atoms with E-state index in [-0.39, 0.29) is 0 Å². The Morgan fingerprint density at radius 3 is 2.48 bits per heavy atom. The lowest BCUT2D eigenvalue weighted by atomic mass is 9.89. The lowest BCUT2D eigenvalue weighted by molar-refractivity contribution is 0.0551. The molecule has 21 heavy (non-hydrogen) atoms. The normalized spacial score (nSPS) is 14.2. The molecule has 0 saturated heterocycles. The molecule has 3 nitrogen and oxygen atoms in total. The minimum absolute atomic E-state index is 0.533. The Labute approximate surface area is 135 Å². The fourth-order valence-corrected chi connectivity index (χ4v) is 2.97. The van der Waals surface area contributed by atoms with Crippen LogP contribution in [0.3, 0.4) is 0 Å². The van der Waals surface area contributed by atoms with Crippen molar-refractivity contribution < 1.29 is 5.11 Å². The van der Waals surface area contributed by atoms with E-state index in [1.807, 2.05) is 24.6 Å². The Balaban J connectivity index is 2.39. The standard InChI is InChI=1S/C17H23BrN2O/c1-6-20-15(16(18)13(4)19-20)10-17(5,21)14-8-7-11(2)12(3)9-14/h7-9,21H,6,10H2,1-5H3. The molecule has 0 aliphatic carbocycles. The van der Waals surface area contributed by atoms with Gasteiger partial charge in [-0.2, -0.15) is 5.10 Å². The summed E-state index contributed by atoms with van der Waals surface area (Å²) in [6, 6.07) is 6.15. The number of hydrogen-bond donors (Lipinski definition) is 1. The summed E-state index contributed by atoms with van der Waals surface area (Å²) in [4.78, 5) is 0. The third-order valence-corrected chi connectivity index (χ3v) is 5.12. The molecule has 1 atom stereocenters. The summed E-state index contributed by atoms with van der Waals surface area (Å²) in [6.45, 7) is 10.9. The number of aliphatic hydroxyl groups is 1. The van der Waals surface area contributed by atoms with Gasteiger partial charge in [-0.15, -0.1) is 0 Å². The average Bonchev–Trinajstić information content (AvgIpc) is 2.69. The van der Waals surface area contributed by atoms with Gasteiger partial charge >= 0.3 is 0 Å². The first kappa shape index (κ1) is 16.2. The maximum atomic E-state index is 10.9. The highest BCUT2D eigenvalue weighted by atomic mass is 79.9. The largest absolute Gasteiger partial charge is 0.385 e. The van der Waals surface area contributed by atoms with Gasteiger partial charge in [-0.3, -0.25) is 4.68 Å². The fourth-order valence-electron chi connectivity index (χ4n) is 2.54. The van der Waals surface area contributed by atoms with Gasteiger partial charge in [0.15, 0.2) is 0 Å². The summed E-state index contributed by atoms with van der Waals surface area (Å²) in [7, 11) is 0. The minimum Gasteiger partial charge on any atom is -0.385 e. The number of benzene rings is 1. The Bertz CT molecular complexity index is 659. The molecule has 1 N–H and O–H groups in total. The van der Waals surface area contributed by atoms with Crippen LogP contribution in [0, 0.1) is 20.8 Å². The van der Waals surface area contributed by atoms with Gasteiger partial charge in [-0.1, -0.05) is 18.2 Å². The van der Waals surface area contributed by atoms with Gasteiger partial charge in [0.1, 0.15) is 0 Å². The summed E-state index contributed by atoms with van der Waals surface area (Å²) in [5, 5.41) is 15.4. The van der Waals surface area contributed by atoms with E-state index in [9.17, 15) is 5.11 Å². The van der Waals surface area contributed by atoms with Gasteiger partial charge in [0.25, 0.3) is 0 Å². The molecule has 2 rings (SSSR count). The molecule has 0 amide bonds. The molecule has 114 valence electrons. The third kappa shape index (κ3) is 3.22. The number of halogens is 1. The molecular weight excluding hydrogens is 328 g/mol. The van der Waals surface area contributed by atoms with Gasteiger partial charge in [0.2, 0.25) is 0 Å². The molecule has 0 bridgehead atoms. The van der Waals surface area contributed by atoms with Crippen molar-refractivity contribution in [3.05, 3.63) is 50.8 Å². The van der Waals surface area contributed by atoms with Crippen molar-refractivity contribution in [2.24, 2.45) is 0 Å². The first-order chi connectivity index (χ1) is 9.76. The summed E-state index contributed by atoms with van der Waals surface area (Å²) in [5.41, 5.74) is 4.47. The van der Waals surface area contributed by atoms with Crippen LogP contribution in [-0.2, 0) is 18.6 Å². The number of rotatable bonds is 4. The molecule has 0 aliphatic heterocycles. The second kappa shape index (κ2) is 5.93. The van der Waals surface area contributed by atoms with E-state index >= 15 is 0 Å². The van der Waals surface area contributed by atoms with Crippen LogP contribution in [0.4, 0.5) is 0 Å². The van der Waals surface area contributed by atoms with E-state index in [1.54, 1.807) is 0 Å². The number of aromatic nitrogens is 2. The Hall–Kier alpha value is -1.13. The third-order valence-electron chi connectivity index (χ3n) is 4.09. The van der Waals surface area contributed by atoms with E-state index in [1.165, 1.54) is 11.1 Å². The van der Waals surface area contributed by atoms with Crippen LogP contribution in [0.2, 0.25) is 0 Å². The highest BCUT2D eigenvalue weighted by molar-refractivity contribution is 9.10. The van der Waals surface area contributed by atoms with Gasteiger partial charge in [-0.25, -0.2) is 0 Å². The fraction of sp³-hybridized carbons (Fsp3) is 0.471. The van der Waals surface area contributed by atoms with Crippen LogP contribution in [0.1, 0.15) is 41.9 Å². The molecule has 2 aromatic rings. The molecule has 1 aromatic heterocycles. The van der Waals surface area contributed by atoms with Gasteiger partial charge < -0.3 is 5.11 Å². The van der Waals surface area contributed by atoms with E-state index in [0.717, 1.165) is 28.0 Å². The van der Waals surface area contributed by atoms with Crippen molar-refractivity contribution in [1.29, 1.82) is 0 Å². The number of nitrogens with zero attached hydrogens (tertiary/aromatic N) is 2. The van der Waals surface area contributed by atoms with Crippen molar-refractivity contribution in [1.82, 2.24) is 9.78 Å². The Kier molecular flexibility index (Phi) is 4.59. The molecule has 4 heteroatoms. The van der Waals surface area contributed by atoms with Gasteiger partial charge in [0, 0.05) is 13.0 Å². The second-order valence-electron chi connectivity index (χ2n) is 5.91. The number of hydrogen-bond acceptors (Lipinski definition) is 2. The molecule has 1 unspecified atom stereocenters. The molecule has 1 heterocycles. The molecule has 1 aromatic carbocycles. The monoisotopic (exact) mass is 350 g/mol. The van der Waals surface area contributed by atoms with Crippen molar-refractivity contribution in [3.8, 4) is 0 Å². The summed E-state index contributed by atoms with van der Waals surface area (Å²) < 4.78 is 2.95. The van der Waals surface area contributed by atoms with Crippen molar-refractivity contribution in [3.63, 3.8) is 0 Å². The van der Waals surface area contributed by atoms with Crippen molar-refractivity contribution in [2.45, 2.75) is 53.2 Å². The molecular formula is C17H23BrN2O. The zero-order valence-corrected chi connectivity index (χ0v) is 15.0. The van der Waals surface area contributed by atoms with E-state index in [4.69, 9.17) is 0 Å². The first-order valence-electron chi connectivity index (χ1n) is 7.28. The lowest BCUT2D eigenvalue weighted by Gasteiger charge is -2.25. The van der Waals surface area contributed by atoms with Crippen molar-refractivity contribution >= 4 is 15.9 Å². The highest BCUT2D eigenvalue weighted by Gasteiger charge is 2.27. The zero-order valence-electron chi connectivity index (χ0n) is 13.4. The average molecular weight is 351 g/mol. The second-order valence-corrected chi connectivity index (χ2v) is 6.70. The van der Waals surface area contributed by atoms with Crippen LogP contribution in [0.15, 0.2) is 22.7 Å². The maximum absolute atomic E-state index is 10.9. The van der Waals surface area contributed by atoms with E-state index in [0.29, 0.717) is 6.42 Å². The van der Waals surface area contributed by atoms with Crippen LogP contribution in [0.5, 0.6) is 0 Å². The topological polar surface area (TPSA) is 38.0 Å². The molecule has 0 fully saturated rings. The van der Waals surface area contributed by atoms with Crippen LogP contribution in [0.25, 0.3) is 0 Å². The predicted molar refractivity (Wildman–Crippen MR) is 89.5 cm³/mol.